The van der Waals surface area contributed by atoms with Crippen molar-refractivity contribution in [2.24, 2.45) is 0 Å². The SMILES string of the molecule is c1ccc(-c2ccccc2-c2ccccc2-c2ccccc2N(c2cccc(-c3ccc4ccccc4c3)c2)c2ccccc2-c2cccc3c2oc2ccccc23)cc1. The molecular formula is C58H39NO. The number of benzene rings is 10. The number of hydrogen-bond donors (Lipinski definition) is 0. The van der Waals surface area contributed by atoms with Crippen LogP contribution in [0.1, 0.15) is 0 Å². The summed E-state index contributed by atoms with van der Waals surface area (Å²) >= 11 is 0. The van der Waals surface area contributed by atoms with E-state index in [1.54, 1.807) is 0 Å². The zero-order chi connectivity index (χ0) is 39.8. The molecule has 2 heteroatoms. The first kappa shape index (κ1) is 35.2. The number of rotatable bonds is 8. The van der Waals surface area contributed by atoms with Crippen LogP contribution in [0, 0.1) is 0 Å². The molecule has 1 heterocycles. The average molecular weight is 766 g/mol. The van der Waals surface area contributed by atoms with Gasteiger partial charge in [0.05, 0.1) is 11.4 Å². The van der Waals surface area contributed by atoms with Gasteiger partial charge in [0.25, 0.3) is 0 Å². The van der Waals surface area contributed by atoms with E-state index in [0.717, 1.165) is 66.8 Å². The molecule has 60 heavy (non-hydrogen) atoms. The van der Waals surface area contributed by atoms with Gasteiger partial charge in [-0.2, -0.15) is 0 Å². The highest BCUT2D eigenvalue weighted by atomic mass is 16.3. The summed E-state index contributed by atoms with van der Waals surface area (Å²) in [6.45, 7) is 0. The van der Waals surface area contributed by atoms with E-state index in [2.05, 4.69) is 235 Å². The van der Waals surface area contributed by atoms with Crippen molar-refractivity contribution in [2.45, 2.75) is 0 Å². The summed E-state index contributed by atoms with van der Waals surface area (Å²) in [5, 5.41) is 4.67. The molecule has 0 N–H and O–H groups in total. The van der Waals surface area contributed by atoms with Crippen molar-refractivity contribution >= 4 is 49.8 Å². The Balaban J connectivity index is 1.15. The third-order valence-corrected chi connectivity index (χ3v) is 11.7. The maximum Gasteiger partial charge on any atom is 0.143 e. The minimum atomic E-state index is 0.882. The topological polar surface area (TPSA) is 16.4 Å². The molecule has 2 nitrogen and oxygen atoms in total. The third kappa shape index (κ3) is 6.23. The number of hydrogen-bond acceptors (Lipinski definition) is 2. The monoisotopic (exact) mass is 765 g/mol. The lowest BCUT2D eigenvalue weighted by molar-refractivity contribution is 0.670. The number of anilines is 3. The van der Waals surface area contributed by atoms with Gasteiger partial charge in [0.15, 0.2) is 0 Å². The van der Waals surface area contributed by atoms with Gasteiger partial charge in [-0.15, -0.1) is 0 Å². The number of para-hydroxylation sites is 4. The summed E-state index contributed by atoms with van der Waals surface area (Å²) in [6.07, 6.45) is 0. The Morgan fingerprint density at radius 1 is 0.283 bits per heavy atom. The Bertz CT molecular complexity index is 3340. The van der Waals surface area contributed by atoms with Crippen LogP contribution in [0.4, 0.5) is 17.1 Å². The standard InChI is InChI=1S/C58H39NO/c1-2-19-41(20-3-1)46-24-6-7-25-47(46)48-26-8-9-27-49(48)50-28-10-13-33-55(50)59(45-23-16-22-43(39-45)44-37-36-40-18-4-5-21-42(40)38-44)56-34-14-11-29-51(56)53-31-17-32-54-52-30-12-15-35-57(52)60-58(53)54/h1-39H. The molecule has 0 unspecified atom stereocenters. The molecule has 0 aliphatic rings. The molecule has 0 atom stereocenters. The fourth-order valence-corrected chi connectivity index (χ4v) is 8.89. The van der Waals surface area contributed by atoms with Crippen LogP contribution < -0.4 is 4.90 Å². The van der Waals surface area contributed by atoms with Gasteiger partial charge in [-0.3, -0.25) is 0 Å². The van der Waals surface area contributed by atoms with Crippen molar-refractivity contribution in [3.05, 3.63) is 237 Å². The maximum absolute atomic E-state index is 6.68. The van der Waals surface area contributed by atoms with E-state index >= 15 is 0 Å². The molecule has 0 aliphatic carbocycles. The lowest BCUT2D eigenvalue weighted by atomic mass is 9.88. The fraction of sp³-hybridized carbons (Fsp3) is 0. The second kappa shape index (κ2) is 15.1. The van der Waals surface area contributed by atoms with Crippen molar-refractivity contribution in [1.82, 2.24) is 0 Å². The van der Waals surface area contributed by atoms with Gasteiger partial charge >= 0.3 is 0 Å². The summed E-state index contributed by atoms with van der Waals surface area (Å²) in [4.78, 5) is 2.44. The lowest BCUT2D eigenvalue weighted by Gasteiger charge is -2.30. The first-order chi connectivity index (χ1) is 29.8. The molecule has 0 saturated carbocycles. The first-order valence-electron chi connectivity index (χ1n) is 20.5. The van der Waals surface area contributed by atoms with Crippen LogP contribution in [0.2, 0.25) is 0 Å². The predicted octanol–water partition coefficient (Wildman–Crippen LogP) is 16.5. The van der Waals surface area contributed by atoms with Gasteiger partial charge in [0.1, 0.15) is 11.2 Å². The molecule has 0 spiro atoms. The minimum Gasteiger partial charge on any atom is -0.455 e. The first-order valence-corrected chi connectivity index (χ1v) is 20.5. The Hall–Kier alpha value is -7.94. The summed E-state index contributed by atoms with van der Waals surface area (Å²) in [7, 11) is 0. The molecule has 1 aromatic heterocycles. The van der Waals surface area contributed by atoms with E-state index < -0.39 is 0 Å². The highest BCUT2D eigenvalue weighted by molar-refractivity contribution is 6.11. The summed E-state index contributed by atoms with van der Waals surface area (Å²) < 4.78 is 6.68. The van der Waals surface area contributed by atoms with Crippen LogP contribution in [0.5, 0.6) is 0 Å². The molecule has 0 aliphatic heterocycles. The van der Waals surface area contributed by atoms with Crippen molar-refractivity contribution in [2.75, 3.05) is 4.90 Å². The van der Waals surface area contributed by atoms with E-state index in [9.17, 15) is 0 Å². The lowest BCUT2D eigenvalue weighted by Crippen LogP contribution is -2.12. The molecule has 0 amide bonds. The van der Waals surface area contributed by atoms with Crippen LogP contribution in [-0.2, 0) is 0 Å². The van der Waals surface area contributed by atoms with Crippen molar-refractivity contribution in [3.63, 3.8) is 0 Å². The molecule has 11 aromatic rings. The highest BCUT2D eigenvalue weighted by Gasteiger charge is 2.24. The normalized spacial score (nSPS) is 11.3. The fourth-order valence-electron chi connectivity index (χ4n) is 8.89. The molecule has 0 saturated heterocycles. The van der Waals surface area contributed by atoms with Gasteiger partial charge in [-0.05, 0) is 86.1 Å². The van der Waals surface area contributed by atoms with E-state index in [4.69, 9.17) is 4.42 Å². The van der Waals surface area contributed by atoms with Gasteiger partial charge in [0, 0.05) is 33.2 Å². The number of furan rings is 1. The van der Waals surface area contributed by atoms with Crippen molar-refractivity contribution in [1.29, 1.82) is 0 Å². The van der Waals surface area contributed by atoms with E-state index in [0.29, 0.717) is 0 Å². The summed E-state index contributed by atoms with van der Waals surface area (Å²) in [5.74, 6) is 0. The van der Waals surface area contributed by atoms with Gasteiger partial charge in [-0.1, -0.05) is 200 Å². The second-order valence-corrected chi connectivity index (χ2v) is 15.2. The van der Waals surface area contributed by atoms with Crippen molar-refractivity contribution < 1.29 is 4.42 Å². The van der Waals surface area contributed by atoms with Gasteiger partial charge in [0.2, 0.25) is 0 Å². The zero-order valence-electron chi connectivity index (χ0n) is 32.9. The average Bonchev–Trinajstić information content (AvgIpc) is 3.71. The van der Waals surface area contributed by atoms with Gasteiger partial charge in [-0.25, -0.2) is 0 Å². The Morgan fingerprint density at radius 3 is 1.55 bits per heavy atom. The van der Waals surface area contributed by atoms with Crippen LogP contribution in [0.3, 0.4) is 0 Å². The molecule has 0 fully saturated rings. The maximum atomic E-state index is 6.68. The van der Waals surface area contributed by atoms with Gasteiger partial charge < -0.3 is 9.32 Å². The second-order valence-electron chi connectivity index (χ2n) is 15.2. The van der Waals surface area contributed by atoms with Crippen molar-refractivity contribution in [3.8, 4) is 55.6 Å². The molecule has 0 bridgehead atoms. The minimum absolute atomic E-state index is 0.882. The van der Waals surface area contributed by atoms with E-state index in [1.807, 2.05) is 6.07 Å². The molecule has 10 aromatic carbocycles. The smallest absolute Gasteiger partial charge is 0.143 e. The summed E-state index contributed by atoms with van der Waals surface area (Å²) in [6, 6.07) is 84.9. The third-order valence-electron chi connectivity index (χ3n) is 11.7. The van der Waals surface area contributed by atoms with Crippen LogP contribution in [0.25, 0.3) is 88.3 Å². The van der Waals surface area contributed by atoms with E-state index in [1.165, 1.54) is 38.6 Å². The Labute approximate surface area is 349 Å². The van der Waals surface area contributed by atoms with Crippen LogP contribution in [0.15, 0.2) is 241 Å². The van der Waals surface area contributed by atoms with Crippen LogP contribution >= 0.6 is 0 Å². The number of nitrogens with zero attached hydrogens (tertiary/aromatic N) is 1. The quantitative estimate of drug-likeness (QED) is 0.153. The Morgan fingerprint density at radius 2 is 0.783 bits per heavy atom. The van der Waals surface area contributed by atoms with E-state index in [-0.39, 0.29) is 0 Å². The molecule has 11 rings (SSSR count). The summed E-state index contributed by atoms with van der Waals surface area (Å²) in [5.41, 5.74) is 16.4. The highest BCUT2D eigenvalue weighted by Crippen LogP contribution is 2.49. The predicted molar refractivity (Wildman–Crippen MR) is 253 cm³/mol. The largest absolute Gasteiger partial charge is 0.455 e. The molecule has 0 radical (unpaired) electrons. The van der Waals surface area contributed by atoms with Crippen LogP contribution in [-0.4, -0.2) is 0 Å². The Kier molecular flexibility index (Phi) is 8.87. The molecular weight excluding hydrogens is 727 g/mol. The number of fused-ring (bicyclic) bond motifs is 4. The zero-order valence-corrected chi connectivity index (χ0v) is 32.9. The molecule has 282 valence electrons.